The van der Waals surface area contributed by atoms with Crippen LogP contribution in [0.1, 0.15) is 20.7 Å². The maximum atomic E-state index is 12.3. The minimum absolute atomic E-state index is 0.0544. The molecule has 116 valence electrons. The van der Waals surface area contributed by atoms with Crippen LogP contribution in [0.5, 0.6) is 0 Å². The topological polar surface area (TPSA) is 107 Å². The number of benzene rings is 2. The third kappa shape index (κ3) is 2.95. The van der Waals surface area contributed by atoms with Crippen LogP contribution < -0.4 is 10.2 Å². The summed E-state index contributed by atoms with van der Waals surface area (Å²) >= 11 is 5.48. The van der Waals surface area contributed by atoms with Gasteiger partial charge >= 0.3 is 5.97 Å². The van der Waals surface area contributed by atoms with E-state index in [0.717, 1.165) is 0 Å². The van der Waals surface area contributed by atoms with Gasteiger partial charge in [-0.05, 0) is 30.3 Å². The number of anilines is 2. The predicted octanol–water partition coefficient (Wildman–Crippen LogP) is 3.08. The molecule has 0 saturated heterocycles. The molecular formula is C15H11ClN4O3. The number of amides is 1. The lowest BCUT2D eigenvalue weighted by atomic mass is 10.1. The highest BCUT2D eigenvalue weighted by Gasteiger charge is 2.16. The van der Waals surface area contributed by atoms with E-state index in [1.807, 2.05) is 0 Å². The van der Waals surface area contributed by atoms with Gasteiger partial charge in [-0.25, -0.2) is 9.78 Å². The van der Waals surface area contributed by atoms with Crippen molar-refractivity contribution in [3.05, 3.63) is 53.6 Å². The number of nitrogens with one attached hydrogen (secondary N) is 3. The summed E-state index contributed by atoms with van der Waals surface area (Å²) in [5.41, 5.74) is 1.90. The Hall–Kier alpha value is -3.06. The molecule has 0 aliphatic heterocycles. The normalized spacial score (nSPS) is 10.5. The number of aromatic amines is 1. The quantitative estimate of drug-likeness (QED) is 0.550. The molecule has 0 bridgehead atoms. The van der Waals surface area contributed by atoms with E-state index in [1.165, 1.54) is 12.1 Å². The zero-order valence-corrected chi connectivity index (χ0v) is 12.4. The van der Waals surface area contributed by atoms with Crippen LogP contribution in [0, 0.1) is 0 Å². The average Bonchev–Trinajstić information content (AvgIpc) is 2.97. The van der Waals surface area contributed by atoms with Gasteiger partial charge in [0.1, 0.15) is 0 Å². The fraction of sp³-hybridized carbons (Fsp3) is 0. The van der Waals surface area contributed by atoms with Gasteiger partial charge in [0, 0.05) is 17.5 Å². The Labute approximate surface area is 135 Å². The average molecular weight is 331 g/mol. The number of imidazole rings is 1. The number of carbonyl (C=O) groups is 2. The third-order valence-corrected chi connectivity index (χ3v) is 3.41. The van der Waals surface area contributed by atoms with E-state index in [-0.39, 0.29) is 11.1 Å². The number of hydrogen-bond donors (Lipinski definition) is 4. The van der Waals surface area contributed by atoms with Crippen LogP contribution in [0.3, 0.4) is 0 Å². The van der Waals surface area contributed by atoms with Gasteiger partial charge in [0.25, 0.3) is 5.91 Å². The molecule has 23 heavy (non-hydrogen) atoms. The number of fused-ring (bicyclic) bond motifs is 1. The Balaban J connectivity index is 1.89. The molecule has 0 aliphatic carbocycles. The van der Waals surface area contributed by atoms with Gasteiger partial charge in [0.2, 0.25) is 5.95 Å². The van der Waals surface area contributed by atoms with Crippen LogP contribution in [0.25, 0.3) is 11.0 Å². The summed E-state index contributed by atoms with van der Waals surface area (Å²) in [5, 5.41) is 11.8. The zero-order valence-electron chi connectivity index (χ0n) is 11.6. The van der Waals surface area contributed by atoms with E-state index in [9.17, 15) is 9.59 Å². The second kappa shape index (κ2) is 5.98. The summed E-state index contributed by atoms with van der Waals surface area (Å²) in [6, 6.07) is 11.1. The van der Waals surface area contributed by atoms with Crippen molar-refractivity contribution in [3.63, 3.8) is 0 Å². The molecule has 0 spiro atoms. The van der Waals surface area contributed by atoms with Gasteiger partial charge in [-0.3, -0.25) is 9.63 Å². The highest BCUT2D eigenvalue weighted by atomic mass is 35.5. The molecule has 3 rings (SSSR count). The standard InChI is InChI=1S/C15H11ClN4O3/c16-20-15-18-11-6-5-8(7-12(11)19-15)17-13(21)9-3-1-2-4-10(9)14(22)23/h1-7H,(H,17,21)(H,22,23)(H2,18,19,20). The maximum absolute atomic E-state index is 12.3. The lowest BCUT2D eigenvalue weighted by Crippen LogP contribution is -2.16. The first-order chi connectivity index (χ1) is 11.1. The van der Waals surface area contributed by atoms with Crippen molar-refractivity contribution in [2.24, 2.45) is 0 Å². The zero-order chi connectivity index (χ0) is 16.4. The molecule has 0 fully saturated rings. The summed E-state index contributed by atoms with van der Waals surface area (Å²) < 4.78 is 0. The van der Waals surface area contributed by atoms with Crippen molar-refractivity contribution in [1.29, 1.82) is 0 Å². The molecule has 1 amide bonds. The Bertz CT molecular complexity index is 907. The number of halogens is 1. The van der Waals surface area contributed by atoms with Gasteiger partial charge in [-0.1, -0.05) is 12.1 Å². The Morgan fingerprint density at radius 3 is 2.57 bits per heavy atom. The Kier molecular flexibility index (Phi) is 3.86. The van der Waals surface area contributed by atoms with Gasteiger partial charge in [0.05, 0.1) is 22.2 Å². The monoisotopic (exact) mass is 330 g/mol. The lowest BCUT2D eigenvalue weighted by molar-refractivity contribution is 0.0692. The van der Waals surface area contributed by atoms with Crippen LogP contribution >= 0.6 is 11.8 Å². The molecule has 0 unspecified atom stereocenters. The molecule has 7 nitrogen and oxygen atoms in total. The van der Waals surface area contributed by atoms with Gasteiger partial charge in [-0.15, -0.1) is 0 Å². The summed E-state index contributed by atoms with van der Waals surface area (Å²) in [6.07, 6.45) is 0. The van der Waals surface area contributed by atoms with Gasteiger partial charge in [0.15, 0.2) is 0 Å². The number of nitrogens with zero attached hydrogens (tertiary/aromatic N) is 1. The molecule has 3 aromatic rings. The lowest BCUT2D eigenvalue weighted by Gasteiger charge is -2.07. The molecule has 1 aromatic heterocycles. The molecule has 8 heteroatoms. The van der Waals surface area contributed by atoms with E-state index in [0.29, 0.717) is 22.7 Å². The van der Waals surface area contributed by atoms with Crippen LogP contribution in [0.4, 0.5) is 11.6 Å². The number of aromatic carboxylic acids is 1. The first-order valence-corrected chi connectivity index (χ1v) is 6.96. The minimum atomic E-state index is -1.16. The largest absolute Gasteiger partial charge is 0.478 e. The number of H-pyrrole nitrogens is 1. The Morgan fingerprint density at radius 1 is 1.13 bits per heavy atom. The van der Waals surface area contributed by atoms with Crippen molar-refractivity contribution in [3.8, 4) is 0 Å². The molecular weight excluding hydrogens is 320 g/mol. The first kappa shape index (κ1) is 14.9. The molecule has 0 radical (unpaired) electrons. The highest BCUT2D eigenvalue weighted by Crippen LogP contribution is 2.20. The van der Waals surface area contributed by atoms with Crippen molar-refractivity contribution >= 4 is 46.3 Å². The van der Waals surface area contributed by atoms with Crippen molar-refractivity contribution < 1.29 is 14.7 Å². The summed E-state index contributed by atoms with van der Waals surface area (Å²) in [6.45, 7) is 0. The number of rotatable bonds is 4. The second-order valence-electron chi connectivity index (χ2n) is 4.72. The van der Waals surface area contributed by atoms with Crippen LogP contribution in [-0.4, -0.2) is 27.0 Å². The minimum Gasteiger partial charge on any atom is -0.478 e. The fourth-order valence-corrected chi connectivity index (χ4v) is 2.29. The van der Waals surface area contributed by atoms with Crippen molar-refractivity contribution in [1.82, 2.24) is 9.97 Å². The SMILES string of the molecule is O=C(O)c1ccccc1C(=O)Nc1ccc2nc(NCl)[nH]c2c1. The molecule has 1 heterocycles. The number of aromatic nitrogens is 2. The van der Waals surface area contributed by atoms with Crippen molar-refractivity contribution in [2.45, 2.75) is 0 Å². The molecule has 2 aromatic carbocycles. The number of hydrogen-bond acceptors (Lipinski definition) is 4. The molecule has 0 aliphatic rings. The third-order valence-electron chi connectivity index (χ3n) is 3.23. The van der Waals surface area contributed by atoms with E-state index in [4.69, 9.17) is 16.9 Å². The second-order valence-corrected chi connectivity index (χ2v) is 4.91. The van der Waals surface area contributed by atoms with Gasteiger partial charge in [-0.2, -0.15) is 0 Å². The van der Waals surface area contributed by atoms with Crippen LogP contribution in [-0.2, 0) is 0 Å². The highest BCUT2D eigenvalue weighted by molar-refractivity contribution is 6.23. The molecule has 4 N–H and O–H groups in total. The first-order valence-electron chi connectivity index (χ1n) is 6.58. The number of carboxylic acid groups (broad SMARTS) is 1. The molecule has 0 atom stereocenters. The summed E-state index contributed by atoms with van der Waals surface area (Å²) in [4.78, 5) is 32.9. The summed E-state index contributed by atoms with van der Waals surface area (Å²) in [7, 11) is 0. The van der Waals surface area contributed by atoms with Gasteiger partial charge < -0.3 is 15.4 Å². The Morgan fingerprint density at radius 2 is 1.87 bits per heavy atom. The van der Waals surface area contributed by atoms with Crippen LogP contribution in [0.2, 0.25) is 0 Å². The number of carboxylic acids is 1. The fourth-order valence-electron chi connectivity index (χ4n) is 2.20. The van der Waals surface area contributed by atoms with E-state index >= 15 is 0 Å². The van der Waals surface area contributed by atoms with E-state index in [1.54, 1.807) is 30.3 Å². The maximum Gasteiger partial charge on any atom is 0.336 e. The molecule has 0 saturated carbocycles. The van der Waals surface area contributed by atoms with Crippen molar-refractivity contribution in [2.75, 3.05) is 10.2 Å². The predicted molar refractivity (Wildman–Crippen MR) is 86.9 cm³/mol. The number of carbonyl (C=O) groups excluding carboxylic acids is 1. The van der Waals surface area contributed by atoms with E-state index in [2.05, 4.69) is 20.1 Å². The summed E-state index contributed by atoms with van der Waals surface area (Å²) in [5.74, 6) is -1.27. The van der Waals surface area contributed by atoms with E-state index < -0.39 is 11.9 Å². The van der Waals surface area contributed by atoms with Crippen LogP contribution in [0.15, 0.2) is 42.5 Å². The smallest absolute Gasteiger partial charge is 0.336 e.